The molecule has 0 saturated carbocycles. The van der Waals surface area contributed by atoms with Crippen molar-refractivity contribution in [1.82, 2.24) is 4.90 Å². The lowest BCUT2D eigenvalue weighted by molar-refractivity contribution is -0.133. The second-order valence-electron chi connectivity index (χ2n) is 6.53. The molecule has 0 fully saturated rings. The fourth-order valence-corrected chi connectivity index (χ4v) is 5.13. The highest BCUT2D eigenvalue weighted by molar-refractivity contribution is 7.17. The van der Waals surface area contributed by atoms with Crippen LogP contribution in [0.25, 0.3) is 10.4 Å². The molecule has 0 unspecified atom stereocenters. The van der Waals surface area contributed by atoms with Crippen LogP contribution in [0, 0.1) is 0 Å². The minimum absolute atomic E-state index is 0.205. The van der Waals surface area contributed by atoms with Gasteiger partial charge >= 0.3 is 5.97 Å². The van der Waals surface area contributed by atoms with Crippen molar-refractivity contribution in [3.05, 3.63) is 68.7 Å². The standard InChI is InChI=1S/C21H19NO3S2/c1-22(12-16-6-4-10-26-16)19(23)13-25-21(24)18-11-15-9-8-14-5-2-3-7-17(14)20(15)27-18/h2-7,10-11H,8-9,12-13H2,1H3. The molecule has 1 aliphatic carbocycles. The van der Waals surface area contributed by atoms with Crippen LogP contribution < -0.4 is 0 Å². The van der Waals surface area contributed by atoms with Crippen LogP contribution in [0.5, 0.6) is 0 Å². The smallest absolute Gasteiger partial charge is 0.348 e. The number of benzene rings is 1. The number of hydrogen-bond donors (Lipinski definition) is 0. The Labute approximate surface area is 166 Å². The summed E-state index contributed by atoms with van der Waals surface area (Å²) in [6, 6.07) is 14.2. The van der Waals surface area contributed by atoms with E-state index in [4.69, 9.17) is 4.74 Å². The highest BCUT2D eigenvalue weighted by Crippen LogP contribution is 2.39. The van der Waals surface area contributed by atoms with Crippen molar-refractivity contribution in [3.63, 3.8) is 0 Å². The molecule has 0 saturated heterocycles. The molecular weight excluding hydrogens is 378 g/mol. The van der Waals surface area contributed by atoms with Crippen molar-refractivity contribution in [3.8, 4) is 10.4 Å². The van der Waals surface area contributed by atoms with E-state index < -0.39 is 5.97 Å². The Balaban J connectivity index is 1.40. The minimum atomic E-state index is -0.426. The predicted molar refractivity (Wildman–Crippen MR) is 108 cm³/mol. The van der Waals surface area contributed by atoms with Gasteiger partial charge in [0.2, 0.25) is 0 Å². The third kappa shape index (κ3) is 3.82. The third-order valence-corrected chi connectivity index (χ3v) is 6.71. The number of ether oxygens (including phenoxy) is 1. The highest BCUT2D eigenvalue weighted by atomic mass is 32.1. The molecule has 0 N–H and O–H groups in total. The van der Waals surface area contributed by atoms with Crippen molar-refractivity contribution in [2.75, 3.05) is 13.7 Å². The van der Waals surface area contributed by atoms with Gasteiger partial charge < -0.3 is 9.64 Å². The first-order chi connectivity index (χ1) is 13.1. The van der Waals surface area contributed by atoms with Gasteiger partial charge in [-0.05, 0) is 47.0 Å². The molecule has 2 aromatic heterocycles. The van der Waals surface area contributed by atoms with Gasteiger partial charge in [0.1, 0.15) is 4.88 Å². The van der Waals surface area contributed by atoms with E-state index in [-0.39, 0.29) is 12.5 Å². The van der Waals surface area contributed by atoms with E-state index in [1.807, 2.05) is 35.7 Å². The van der Waals surface area contributed by atoms with Crippen LogP contribution >= 0.6 is 22.7 Å². The number of hydrogen-bond acceptors (Lipinski definition) is 5. The van der Waals surface area contributed by atoms with Gasteiger partial charge in [0.05, 0.1) is 6.54 Å². The van der Waals surface area contributed by atoms with Crippen LogP contribution in [0.4, 0.5) is 0 Å². The van der Waals surface area contributed by atoms with Crippen molar-refractivity contribution in [2.45, 2.75) is 19.4 Å². The number of carbonyl (C=O) groups excluding carboxylic acids is 2. The normalized spacial score (nSPS) is 12.2. The molecule has 138 valence electrons. The molecule has 0 radical (unpaired) electrons. The van der Waals surface area contributed by atoms with E-state index in [0.717, 1.165) is 22.6 Å². The molecule has 27 heavy (non-hydrogen) atoms. The number of carbonyl (C=O) groups is 2. The zero-order valence-corrected chi connectivity index (χ0v) is 16.6. The number of esters is 1. The summed E-state index contributed by atoms with van der Waals surface area (Å²) in [7, 11) is 1.72. The first-order valence-corrected chi connectivity index (χ1v) is 10.5. The molecule has 1 aliphatic rings. The van der Waals surface area contributed by atoms with Crippen molar-refractivity contribution in [2.24, 2.45) is 0 Å². The monoisotopic (exact) mass is 397 g/mol. The minimum Gasteiger partial charge on any atom is -0.451 e. The Kier molecular flexibility index (Phi) is 5.09. The summed E-state index contributed by atoms with van der Waals surface area (Å²) < 4.78 is 5.28. The molecule has 2 heterocycles. The topological polar surface area (TPSA) is 46.6 Å². The van der Waals surface area contributed by atoms with E-state index in [1.54, 1.807) is 23.3 Å². The second kappa shape index (κ2) is 7.66. The lowest BCUT2D eigenvalue weighted by Gasteiger charge is -2.15. The van der Waals surface area contributed by atoms with Gasteiger partial charge in [-0.1, -0.05) is 30.3 Å². The number of aryl methyl sites for hydroxylation is 2. The number of fused-ring (bicyclic) bond motifs is 3. The average Bonchev–Trinajstić information content (AvgIpc) is 3.35. The molecule has 3 aromatic rings. The second-order valence-corrected chi connectivity index (χ2v) is 8.61. The Morgan fingerprint density at radius 3 is 2.74 bits per heavy atom. The summed E-state index contributed by atoms with van der Waals surface area (Å²) in [5, 5.41) is 1.98. The third-order valence-electron chi connectivity index (χ3n) is 4.66. The van der Waals surface area contributed by atoms with Crippen molar-refractivity contribution < 1.29 is 14.3 Å². The maximum Gasteiger partial charge on any atom is 0.348 e. The molecule has 4 nitrogen and oxygen atoms in total. The van der Waals surface area contributed by atoms with Crippen LogP contribution in [-0.2, 0) is 28.9 Å². The SMILES string of the molecule is CN(Cc1cccs1)C(=O)COC(=O)c1cc2c(s1)-c1ccccc1CC2. The van der Waals surface area contributed by atoms with E-state index in [9.17, 15) is 9.59 Å². The Morgan fingerprint density at radius 1 is 1.11 bits per heavy atom. The summed E-state index contributed by atoms with van der Waals surface area (Å²) in [4.78, 5) is 29.0. The molecule has 6 heteroatoms. The number of likely N-dealkylation sites (N-methyl/N-ethyl adjacent to an activating group) is 1. The Bertz CT molecular complexity index is 975. The summed E-state index contributed by atoms with van der Waals surface area (Å²) >= 11 is 3.05. The zero-order chi connectivity index (χ0) is 18.8. The van der Waals surface area contributed by atoms with Gasteiger partial charge in [-0.3, -0.25) is 4.79 Å². The molecule has 1 amide bonds. The number of rotatable bonds is 5. The fourth-order valence-electron chi connectivity index (χ4n) is 3.21. The Hall–Kier alpha value is -2.44. The van der Waals surface area contributed by atoms with Crippen molar-refractivity contribution in [1.29, 1.82) is 0 Å². The number of amides is 1. The summed E-state index contributed by atoms with van der Waals surface area (Å²) in [6.07, 6.45) is 1.92. The largest absolute Gasteiger partial charge is 0.451 e. The van der Waals surface area contributed by atoms with Gasteiger partial charge in [-0.15, -0.1) is 22.7 Å². The van der Waals surface area contributed by atoms with E-state index in [2.05, 4.69) is 12.1 Å². The molecule has 1 aromatic carbocycles. The fraction of sp³-hybridized carbons (Fsp3) is 0.238. The lowest BCUT2D eigenvalue weighted by atomic mass is 9.91. The lowest BCUT2D eigenvalue weighted by Crippen LogP contribution is -2.30. The quantitative estimate of drug-likeness (QED) is 0.600. The molecular formula is C21H19NO3S2. The molecule has 0 atom stereocenters. The first kappa shape index (κ1) is 17.9. The molecule has 0 spiro atoms. The number of nitrogens with zero attached hydrogens (tertiary/aromatic N) is 1. The van der Waals surface area contributed by atoms with Gasteiger partial charge in [-0.25, -0.2) is 4.79 Å². The summed E-state index contributed by atoms with van der Waals surface area (Å²) in [6.45, 7) is 0.290. The van der Waals surface area contributed by atoms with Crippen LogP contribution in [0.1, 0.15) is 25.7 Å². The predicted octanol–water partition coefficient (Wildman–Crippen LogP) is 4.39. The maximum atomic E-state index is 12.4. The Morgan fingerprint density at radius 2 is 1.93 bits per heavy atom. The van der Waals surface area contributed by atoms with E-state index in [0.29, 0.717) is 11.4 Å². The van der Waals surface area contributed by atoms with Crippen LogP contribution in [0.3, 0.4) is 0 Å². The molecule has 0 aliphatic heterocycles. The average molecular weight is 398 g/mol. The molecule has 4 rings (SSSR count). The van der Waals surface area contributed by atoms with Gasteiger partial charge in [0.25, 0.3) is 5.91 Å². The zero-order valence-electron chi connectivity index (χ0n) is 14.9. The molecule has 0 bridgehead atoms. The summed E-state index contributed by atoms with van der Waals surface area (Å²) in [5.74, 6) is -0.631. The van der Waals surface area contributed by atoms with Crippen LogP contribution in [0.15, 0.2) is 47.8 Å². The maximum absolute atomic E-state index is 12.4. The number of thiophene rings is 2. The highest BCUT2D eigenvalue weighted by Gasteiger charge is 2.22. The van der Waals surface area contributed by atoms with Gasteiger partial charge in [0.15, 0.2) is 6.61 Å². The van der Waals surface area contributed by atoms with E-state index in [1.165, 1.54) is 28.0 Å². The first-order valence-electron chi connectivity index (χ1n) is 8.76. The summed E-state index contributed by atoms with van der Waals surface area (Å²) in [5.41, 5.74) is 3.71. The van der Waals surface area contributed by atoms with Gasteiger partial charge in [0, 0.05) is 16.8 Å². The van der Waals surface area contributed by atoms with Crippen molar-refractivity contribution >= 4 is 34.6 Å². The van der Waals surface area contributed by atoms with E-state index >= 15 is 0 Å². The van der Waals surface area contributed by atoms with Gasteiger partial charge in [-0.2, -0.15) is 0 Å². The van der Waals surface area contributed by atoms with Crippen LogP contribution in [0.2, 0.25) is 0 Å². The van der Waals surface area contributed by atoms with Crippen LogP contribution in [-0.4, -0.2) is 30.4 Å².